The molecule has 0 saturated carbocycles. The van der Waals surface area contributed by atoms with Gasteiger partial charge >= 0.3 is 5.69 Å². The number of anilines is 1. The highest BCUT2D eigenvalue weighted by atomic mass is 16.2. The molecule has 1 aromatic carbocycles. The van der Waals surface area contributed by atoms with Crippen LogP contribution in [-0.2, 0) is 0 Å². The number of H-pyrrole nitrogens is 1. The Kier molecular flexibility index (Phi) is 4.30. The zero-order chi connectivity index (χ0) is 19.5. The molecule has 4 rings (SSSR count). The van der Waals surface area contributed by atoms with Crippen molar-refractivity contribution in [1.29, 1.82) is 0 Å². The molecule has 0 bridgehead atoms. The zero-order valence-corrected chi connectivity index (χ0v) is 14.2. The summed E-state index contributed by atoms with van der Waals surface area (Å²) in [6.45, 7) is 0. The number of hydrogen-bond acceptors (Lipinski definition) is 7. The lowest BCUT2D eigenvalue weighted by molar-refractivity contribution is 0.102. The molecule has 11 heteroatoms. The first-order valence-electron chi connectivity index (χ1n) is 8.02. The number of aromatic amines is 1. The molecule has 0 aliphatic carbocycles. The van der Waals surface area contributed by atoms with E-state index in [0.29, 0.717) is 11.5 Å². The maximum absolute atomic E-state index is 12.4. The first-order chi connectivity index (χ1) is 13.6. The summed E-state index contributed by atoms with van der Waals surface area (Å²) < 4.78 is 2.32. The Morgan fingerprint density at radius 1 is 1.04 bits per heavy atom. The van der Waals surface area contributed by atoms with Gasteiger partial charge < -0.3 is 10.3 Å². The predicted octanol–water partition coefficient (Wildman–Crippen LogP) is 0.149. The largest absolute Gasteiger partial charge is 0.333 e. The van der Waals surface area contributed by atoms with E-state index in [2.05, 4.69) is 30.4 Å². The van der Waals surface area contributed by atoms with E-state index in [1.807, 2.05) is 0 Å². The predicted molar refractivity (Wildman–Crippen MR) is 97.6 cm³/mol. The van der Waals surface area contributed by atoms with Crippen LogP contribution < -0.4 is 16.6 Å². The van der Waals surface area contributed by atoms with Crippen molar-refractivity contribution in [2.24, 2.45) is 0 Å². The Labute approximate surface area is 156 Å². The van der Waals surface area contributed by atoms with Crippen molar-refractivity contribution in [1.82, 2.24) is 34.3 Å². The van der Waals surface area contributed by atoms with Gasteiger partial charge in [0.1, 0.15) is 30.5 Å². The van der Waals surface area contributed by atoms with Gasteiger partial charge in [-0.05, 0) is 12.1 Å². The number of amides is 1. The average Bonchev–Trinajstić information content (AvgIpc) is 3.23. The average molecular weight is 376 g/mol. The lowest BCUT2D eigenvalue weighted by atomic mass is 10.3. The molecular formula is C17H12N8O3. The second-order valence-corrected chi connectivity index (χ2v) is 5.55. The minimum absolute atomic E-state index is 0.165. The van der Waals surface area contributed by atoms with Gasteiger partial charge in [-0.15, -0.1) is 0 Å². The van der Waals surface area contributed by atoms with Crippen LogP contribution in [0.15, 0.2) is 71.0 Å². The minimum atomic E-state index is -0.727. The molecule has 1 amide bonds. The number of aromatic nitrogens is 7. The lowest BCUT2D eigenvalue weighted by Gasteiger charge is -2.07. The van der Waals surface area contributed by atoms with Crippen molar-refractivity contribution < 1.29 is 4.79 Å². The van der Waals surface area contributed by atoms with Gasteiger partial charge in [-0.1, -0.05) is 18.2 Å². The number of nitrogens with zero attached hydrogens (tertiary/aromatic N) is 6. The van der Waals surface area contributed by atoms with Crippen LogP contribution in [0, 0.1) is 0 Å². The molecule has 28 heavy (non-hydrogen) atoms. The molecule has 11 nitrogen and oxygen atoms in total. The van der Waals surface area contributed by atoms with Gasteiger partial charge in [-0.2, -0.15) is 5.10 Å². The molecule has 0 spiro atoms. The highest BCUT2D eigenvalue weighted by Crippen LogP contribution is 2.08. The fourth-order valence-electron chi connectivity index (χ4n) is 2.49. The maximum Gasteiger partial charge on any atom is 0.333 e. The summed E-state index contributed by atoms with van der Waals surface area (Å²) in [6.07, 6.45) is 4.02. The first-order valence-corrected chi connectivity index (χ1v) is 8.02. The second-order valence-electron chi connectivity index (χ2n) is 5.55. The molecular weight excluding hydrogens is 364 g/mol. The van der Waals surface area contributed by atoms with Crippen LogP contribution in [0.2, 0.25) is 0 Å². The van der Waals surface area contributed by atoms with Gasteiger partial charge in [0.2, 0.25) is 0 Å². The molecule has 0 saturated heterocycles. The molecule has 0 aliphatic rings. The van der Waals surface area contributed by atoms with Crippen molar-refractivity contribution >= 4 is 11.7 Å². The van der Waals surface area contributed by atoms with Crippen molar-refractivity contribution in [3.63, 3.8) is 0 Å². The van der Waals surface area contributed by atoms with E-state index in [1.54, 1.807) is 30.3 Å². The van der Waals surface area contributed by atoms with Crippen LogP contribution in [0.4, 0.5) is 5.82 Å². The first kappa shape index (κ1) is 17.0. The fourth-order valence-corrected chi connectivity index (χ4v) is 2.49. The molecule has 3 aromatic heterocycles. The van der Waals surface area contributed by atoms with Gasteiger partial charge in [0.25, 0.3) is 11.5 Å². The minimum Gasteiger partial charge on any atom is -0.305 e. The van der Waals surface area contributed by atoms with Crippen molar-refractivity contribution in [2.45, 2.75) is 0 Å². The van der Waals surface area contributed by atoms with Crippen LogP contribution in [0.25, 0.3) is 11.5 Å². The van der Waals surface area contributed by atoms with E-state index < -0.39 is 17.2 Å². The Bertz CT molecular complexity index is 1210. The third-order valence-electron chi connectivity index (χ3n) is 3.74. The van der Waals surface area contributed by atoms with Gasteiger partial charge in [0, 0.05) is 12.1 Å². The summed E-state index contributed by atoms with van der Waals surface area (Å²) in [6, 6.07) is 10.9. The summed E-state index contributed by atoms with van der Waals surface area (Å²) in [4.78, 5) is 51.3. The number of carbonyl (C=O) groups is 1. The Morgan fingerprint density at radius 2 is 1.86 bits per heavy atom. The van der Waals surface area contributed by atoms with Crippen molar-refractivity contribution in [3.8, 4) is 11.5 Å². The zero-order valence-electron chi connectivity index (χ0n) is 14.2. The summed E-state index contributed by atoms with van der Waals surface area (Å²) in [5, 5.41) is 6.44. The van der Waals surface area contributed by atoms with Crippen LogP contribution in [0.5, 0.6) is 0 Å². The summed E-state index contributed by atoms with van der Waals surface area (Å²) in [5.41, 5.74) is -1.15. The topological polar surface area (TPSA) is 140 Å². The molecule has 0 aliphatic heterocycles. The summed E-state index contributed by atoms with van der Waals surface area (Å²) in [7, 11) is 0. The van der Waals surface area contributed by atoms with Gasteiger partial charge in [-0.25, -0.2) is 29.0 Å². The van der Waals surface area contributed by atoms with Gasteiger partial charge in [0.05, 0.1) is 5.69 Å². The standard InChI is InChI=1S/C17H12N8O3/c26-15-6-12(22-17(28)25(15)11-4-2-1-3-5-11)16(27)23-13-7-14(20-9-19-13)24-10-18-8-21-24/h1-10H,(H,22,28)(H,19,20,23,27). The van der Waals surface area contributed by atoms with E-state index in [-0.39, 0.29) is 11.5 Å². The lowest BCUT2D eigenvalue weighted by Crippen LogP contribution is -2.35. The highest BCUT2D eigenvalue weighted by molar-refractivity contribution is 6.02. The number of carbonyl (C=O) groups excluding carboxylic acids is 1. The number of benzene rings is 1. The van der Waals surface area contributed by atoms with Crippen molar-refractivity contribution in [3.05, 3.63) is 88.0 Å². The molecule has 0 atom stereocenters. The normalized spacial score (nSPS) is 10.6. The maximum atomic E-state index is 12.4. The molecule has 0 fully saturated rings. The Balaban J connectivity index is 1.62. The molecule has 0 radical (unpaired) electrons. The van der Waals surface area contributed by atoms with Crippen LogP contribution in [0.3, 0.4) is 0 Å². The Hall–Kier alpha value is -4.41. The SMILES string of the molecule is O=C(Nc1cc(-n2cncn2)ncn1)c1cc(=O)n(-c2ccccc2)c(=O)[nH]1. The van der Waals surface area contributed by atoms with E-state index in [0.717, 1.165) is 10.6 Å². The van der Waals surface area contributed by atoms with E-state index in [9.17, 15) is 14.4 Å². The molecule has 3 heterocycles. The van der Waals surface area contributed by atoms with Gasteiger partial charge in [0.15, 0.2) is 5.82 Å². The molecule has 138 valence electrons. The number of hydrogen-bond donors (Lipinski definition) is 2. The molecule has 0 unspecified atom stereocenters. The van der Waals surface area contributed by atoms with Crippen molar-refractivity contribution in [2.75, 3.05) is 5.32 Å². The second kappa shape index (κ2) is 7.07. The van der Waals surface area contributed by atoms with Gasteiger partial charge in [-0.3, -0.25) is 9.59 Å². The third-order valence-corrected chi connectivity index (χ3v) is 3.74. The van der Waals surface area contributed by atoms with Crippen LogP contribution in [0.1, 0.15) is 10.5 Å². The number of rotatable bonds is 4. The summed E-state index contributed by atoms with van der Waals surface area (Å²) in [5.74, 6) is -0.146. The summed E-state index contributed by atoms with van der Waals surface area (Å²) >= 11 is 0. The third kappa shape index (κ3) is 3.31. The van der Waals surface area contributed by atoms with E-state index >= 15 is 0 Å². The van der Waals surface area contributed by atoms with E-state index in [1.165, 1.54) is 29.7 Å². The fraction of sp³-hybridized carbons (Fsp3) is 0. The molecule has 2 N–H and O–H groups in total. The van der Waals surface area contributed by atoms with Crippen LogP contribution >= 0.6 is 0 Å². The van der Waals surface area contributed by atoms with Crippen LogP contribution in [-0.4, -0.2) is 40.2 Å². The van der Waals surface area contributed by atoms with E-state index in [4.69, 9.17) is 0 Å². The number of nitrogens with one attached hydrogen (secondary N) is 2. The monoisotopic (exact) mass is 376 g/mol. The highest BCUT2D eigenvalue weighted by Gasteiger charge is 2.13. The quantitative estimate of drug-likeness (QED) is 0.516. The Morgan fingerprint density at radius 3 is 2.57 bits per heavy atom. The smallest absolute Gasteiger partial charge is 0.305 e. The number of para-hydroxylation sites is 1. The molecule has 4 aromatic rings.